The van der Waals surface area contributed by atoms with E-state index in [0.717, 1.165) is 35.1 Å². The number of benzene rings is 4. The number of amides is 3. The number of likely N-dealkylation sites (N-methyl/N-ethyl adjacent to an activating group) is 1. The van der Waals surface area contributed by atoms with Crippen LogP contribution < -0.4 is 5.32 Å². The highest BCUT2D eigenvalue weighted by Crippen LogP contribution is 2.48. The van der Waals surface area contributed by atoms with E-state index in [9.17, 15) is 28.8 Å². The summed E-state index contributed by atoms with van der Waals surface area (Å²) in [5.74, 6) is -1.25. The third-order valence-electron chi connectivity index (χ3n) is 17.4. The van der Waals surface area contributed by atoms with Gasteiger partial charge in [-0.15, -0.1) is 23.1 Å². The minimum absolute atomic E-state index is 0.0103. The number of thioether (sulfide) groups is 1. The van der Waals surface area contributed by atoms with Gasteiger partial charge in [0.2, 0.25) is 17.7 Å². The zero-order valence-electron chi connectivity index (χ0n) is 51.1. The molecule has 1 aromatic heterocycles. The number of thiazole rings is 1. The number of carbonyl (C=O) groups is 6. The van der Waals surface area contributed by atoms with E-state index in [0.29, 0.717) is 55.2 Å². The van der Waals surface area contributed by atoms with Crippen molar-refractivity contribution in [3.63, 3.8) is 0 Å². The number of hydrogen-bond acceptors (Lipinski definition) is 11. The molecule has 12 nitrogen and oxygen atoms in total. The van der Waals surface area contributed by atoms with Crippen molar-refractivity contribution in [1.82, 2.24) is 20.1 Å². The van der Waals surface area contributed by atoms with Crippen LogP contribution in [0, 0.1) is 35.5 Å². The second kappa shape index (κ2) is 32.5. The summed E-state index contributed by atoms with van der Waals surface area (Å²) in [5, 5.41) is 5.53. The predicted molar refractivity (Wildman–Crippen MR) is 336 cm³/mol. The molecule has 4 aromatic carbocycles. The summed E-state index contributed by atoms with van der Waals surface area (Å²) in [6.07, 6.45) is 2.84. The maximum Gasteiger partial charge on any atom is 0.226 e. The van der Waals surface area contributed by atoms with Gasteiger partial charge >= 0.3 is 0 Å². The number of aromatic nitrogens is 1. The van der Waals surface area contributed by atoms with Crippen LogP contribution in [0.15, 0.2) is 127 Å². The van der Waals surface area contributed by atoms with Crippen LogP contribution in [0.1, 0.15) is 157 Å². The summed E-state index contributed by atoms with van der Waals surface area (Å²) in [4.78, 5) is 92.5. The maximum atomic E-state index is 14.6. The first-order valence-corrected chi connectivity index (χ1v) is 32.0. The van der Waals surface area contributed by atoms with E-state index in [4.69, 9.17) is 14.5 Å². The topological polar surface area (TPSA) is 152 Å². The summed E-state index contributed by atoms with van der Waals surface area (Å²) in [7, 11) is 4.97. The summed E-state index contributed by atoms with van der Waals surface area (Å²) in [5.41, 5.74) is 4.81. The van der Waals surface area contributed by atoms with E-state index in [1.54, 1.807) is 43.3 Å². The predicted octanol–water partition coefficient (Wildman–Crippen LogP) is 13.1. The molecule has 14 heteroatoms. The molecule has 5 aromatic rings. The Hall–Kier alpha value is -5.80. The Kier molecular flexibility index (Phi) is 26.0. The summed E-state index contributed by atoms with van der Waals surface area (Å²) < 4.78 is 11.8. The van der Waals surface area contributed by atoms with Gasteiger partial charge in [0.15, 0.2) is 5.78 Å². The molecular weight excluding hydrogens is 1080 g/mol. The third kappa shape index (κ3) is 17.4. The maximum absolute atomic E-state index is 14.6. The average Bonchev–Trinajstić information content (AvgIpc) is 3.32. The number of nitrogens with zero attached hydrogens (tertiary/aromatic N) is 3. The quantitative estimate of drug-likeness (QED) is 0.0239. The number of ether oxygens (including phenoxy) is 2. The number of methoxy groups -OCH3 is 2. The molecule has 83 heavy (non-hydrogen) atoms. The SMILES string of the molecule is CC[C@H](C)[C@@H]([C@@H](CC(=O)N1CCC[C@H]1[C@H](OC)[C@@H](C)C(=O)C[C@@H](Cc1ccccc1)c1nc(C(=O)CCCNC(=O)CCSC(c2ccccc2)(c2ccccc2)c2ccccc2)cs1)OC)N(C)C(=O)[C@@H](CC(=O)[C@@H](C)C(C)C)C(C)C. The fourth-order valence-corrected chi connectivity index (χ4v) is 14.3. The van der Waals surface area contributed by atoms with Crippen molar-refractivity contribution in [3.8, 4) is 0 Å². The highest BCUT2D eigenvalue weighted by Gasteiger charge is 2.44. The van der Waals surface area contributed by atoms with Gasteiger partial charge in [-0.25, -0.2) is 4.98 Å². The first-order valence-electron chi connectivity index (χ1n) is 30.1. The van der Waals surface area contributed by atoms with Crippen molar-refractivity contribution >= 4 is 58.2 Å². The van der Waals surface area contributed by atoms with Crippen molar-refractivity contribution < 1.29 is 38.2 Å². The van der Waals surface area contributed by atoms with E-state index in [1.807, 2.05) is 95.0 Å². The van der Waals surface area contributed by atoms with E-state index >= 15 is 0 Å². The molecule has 0 aliphatic carbocycles. The van der Waals surface area contributed by atoms with Gasteiger partial charge in [-0.1, -0.05) is 183 Å². The number of Topliss-reactive ketones (excluding diaryl/α,β-unsaturated/α-hetero) is 3. The molecule has 1 aliphatic rings. The van der Waals surface area contributed by atoms with Gasteiger partial charge in [-0.05, 0) is 65.7 Å². The van der Waals surface area contributed by atoms with Gasteiger partial charge in [0.05, 0.1) is 40.5 Å². The zero-order chi connectivity index (χ0) is 60.2. The van der Waals surface area contributed by atoms with Gasteiger partial charge in [0.1, 0.15) is 17.3 Å². The van der Waals surface area contributed by atoms with E-state index in [1.165, 1.54) is 11.3 Å². The van der Waals surface area contributed by atoms with Crippen LogP contribution in [0.25, 0.3) is 0 Å². The average molecular weight is 1170 g/mol. The Morgan fingerprint density at radius 3 is 1.83 bits per heavy atom. The molecule has 0 spiro atoms. The van der Waals surface area contributed by atoms with Crippen molar-refractivity contribution in [2.75, 3.05) is 40.1 Å². The Morgan fingerprint density at radius 1 is 0.735 bits per heavy atom. The van der Waals surface area contributed by atoms with Crippen LogP contribution >= 0.6 is 23.1 Å². The molecule has 1 saturated heterocycles. The minimum Gasteiger partial charge on any atom is -0.379 e. The summed E-state index contributed by atoms with van der Waals surface area (Å²) in [6.45, 7) is 16.8. The van der Waals surface area contributed by atoms with Gasteiger partial charge in [-0.3, -0.25) is 28.8 Å². The van der Waals surface area contributed by atoms with Gasteiger partial charge < -0.3 is 24.6 Å². The van der Waals surface area contributed by atoms with Crippen LogP contribution in [0.4, 0.5) is 0 Å². The third-order valence-corrected chi connectivity index (χ3v) is 20.0. The normalized spacial score (nSPS) is 16.6. The second-order valence-corrected chi connectivity index (χ2v) is 25.7. The van der Waals surface area contributed by atoms with E-state index in [2.05, 4.69) is 92.0 Å². The van der Waals surface area contributed by atoms with Crippen molar-refractivity contribution in [1.29, 1.82) is 0 Å². The minimum atomic E-state index is -0.617. The van der Waals surface area contributed by atoms with Crippen LogP contribution in [0.5, 0.6) is 0 Å². The van der Waals surface area contributed by atoms with E-state index < -0.39 is 34.8 Å². The molecule has 2 heterocycles. The number of hydrogen-bond donors (Lipinski definition) is 1. The molecule has 0 saturated carbocycles. The first kappa shape index (κ1) is 66.3. The fourth-order valence-electron chi connectivity index (χ4n) is 11.9. The molecule has 6 rings (SSSR count). The molecule has 0 bridgehead atoms. The van der Waals surface area contributed by atoms with Gasteiger partial charge in [0.25, 0.3) is 0 Å². The highest BCUT2D eigenvalue weighted by atomic mass is 32.2. The van der Waals surface area contributed by atoms with Crippen molar-refractivity contribution in [2.45, 2.75) is 155 Å². The number of carbonyl (C=O) groups excluding carboxylic acids is 6. The van der Waals surface area contributed by atoms with E-state index in [-0.39, 0.29) is 96.4 Å². The molecule has 1 aliphatic heterocycles. The smallest absolute Gasteiger partial charge is 0.226 e. The van der Waals surface area contributed by atoms with Crippen LogP contribution in [-0.2, 0) is 44.6 Å². The summed E-state index contributed by atoms with van der Waals surface area (Å²) >= 11 is 3.13. The molecule has 1 N–H and O–H groups in total. The standard InChI is InChI=1S/C69H92N4O8S2/c1-12-48(6)65(72(9)68(79)56(47(4)5)43-61(76)49(7)46(2)3)62(80-10)44-64(78)73-39-26-35-58(73)66(81-11)50(8)60(75)42-52(41-51-27-17-13-18-28-51)67-71-57(45-82-67)59(74)36-25-38-70-63(77)37-40-83-69(53-29-19-14-20-30-53,54-31-21-15-22-32-54)55-33-23-16-24-34-55/h13-24,27-34,45-50,52,56,58,62,65-66H,12,25-26,35-44H2,1-11H3,(H,70,77)/t48-,49-,50-,52+,56-,58-,62+,65-,66+/m0/s1. The highest BCUT2D eigenvalue weighted by molar-refractivity contribution is 8.00. The van der Waals surface area contributed by atoms with Crippen molar-refractivity contribution in [2.24, 2.45) is 35.5 Å². The second-order valence-electron chi connectivity index (χ2n) is 23.5. The molecular formula is C69H92N4O8S2. The number of ketones is 3. The molecule has 1 fully saturated rings. The lowest BCUT2D eigenvalue weighted by Crippen LogP contribution is -2.54. The zero-order valence-corrected chi connectivity index (χ0v) is 52.7. The number of likely N-dealkylation sites (tertiary alicyclic amines) is 1. The van der Waals surface area contributed by atoms with Crippen LogP contribution in [0.3, 0.4) is 0 Å². The fraction of sp³-hybridized carbons (Fsp3) is 0.522. The molecule has 0 unspecified atom stereocenters. The molecule has 3 amide bonds. The molecule has 9 atom stereocenters. The van der Waals surface area contributed by atoms with Crippen LogP contribution in [0.2, 0.25) is 0 Å². The Bertz CT molecular complexity index is 2730. The molecule has 448 valence electrons. The number of nitrogens with one attached hydrogen (secondary N) is 1. The largest absolute Gasteiger partial charge is 0.379 e. The number of rotatable bonds is 34. The van der Waals surface area contributed by atoms with Crippen molar-refractivity contribution in [3.05, 3.63) is 160 Å². The lowest BCUT2D eigenvalue weighted by Gasteiger charge is -2.41. The monoisotopic (exact) mass is 1170 g/mol. The Balaban J connectivity index is 1.07. The van der Waals surface area contributed by atoms with Gasteiger partial charge in [0, 0.05) is 94.8 Å². The van der Waals surface area contributed by atoms with Crippen LogP contribution in [-0.4, -0.2) is 114 Å². The summed E-state index contributed by atoms with van der Waals surface area (Å²) in [6, 6.07) is 40.4. The molecule has 0 radical (unpaired) electrons. The van der Waals surface area contributed by atoms with Gasteiger partial charge in [-0.2, -0.15) is 0 Å². The lowest BCUT2D eigenvalue weighted by molar-refractivity contribution is -0.149. The Labute approximate surface area is 503 Å². The Morgan fingerprint density at radius 2 is 1.30 bits per heavy atom. The first-order chi connectivity index (χ1) is 39.9. The lowest BCUT2D eigenvalue weighted by atomic mass is 9.82.